The fourth-order valence-electron chi connectivity index (χ4n) is 4.06. The summed E-state index contributed by atoms with van der Waals surface area (Å²) in [7, 11) is 0. The SMILES string of the molecule is O=C1CCCN1CCCNc1nc(Cl)nc2c1ncn2C1CCCCC1. The van der Waals surface area contributed by atoms with Gasteiger partial charge in [-0.05, 0) is 37.3 Å². The van der Waals surface area contributed by atoms with Gasteiger partial charge in [-0.2, -0.15) is 9.97 Å². The molecule has 2 fully saturated rings. The van der Waals surface area contributed by atoms with E-state index < -0.39 is 0 Å². The van der Waals surface area contributed by atoms with E-state index in [2.05, 4.69) is 24.8 Å². The quantitative estimate of drug-likeness (QED) is 0.617. The Morgan fingerprint density at radius 1 is 1.19 bits per heavy atom. The van der Waals surface area contributed by atoms with Crippen LogP contribution in [0.4, 0.5) is 5.82 Å². The van der Waals surface area contributed by atoms with Gasteiger partial charge in [-0.1, -0.05) is 19.3 Å². The van der Waals surface area contributed by atoms with Gasteiger partial charge in [0.15, 0.2) is 17.0 Å². The molecule has 2 aliphatic rings. The molecule has 4 rings (SSSR count). The molecule has 2 aromatic heterocycles. The van der Waals surface area contributed by atoms with Crippen LogP contribution in [0.5, 0.6) is 0 Å². The number of anilines is 1. The minimum absolute atomic E-state index is 0.243. The Balaban J connectivity index is 1.44. The fraction of sp³-hybridized carbons (Fsp3) is 0.667. The molecule has 0 unspecified atom stereocenters. The van der Waals surface area contributed by atoms with Crippen molar-refractivity contribution in [2.45, 2.75) is 57.4 Å². The number of amides is 1. The molecule has 2 aromatic rings. The van der Waals surface area contributed by atoms with E-state index in [4.69, 9.17) is 11.6 Å². The zero-order valence-electron chi connectivity index (χ0n) is 15.0. The van der Waals surface area contributed by atoms with Gasteiger partial charge in [0, 0.05) is 32.1 Å². The minimum Gasteiger partial charge on any atom is -0.368 e. The monoisotopic (exact) mass is 376 g/mol. The first kappa shape index (κ1) is 17.5. The zero-order chi connectivity index (χ0) is 17.9. The molecule has 1 aliphatic heterocycles. The van der Waals surface area contributed by atoms with Gasteiger partial charge in [0.1, 0.15) is 0 Å². The van der Waals surface area contributed by atoms with Crippen molar-refractivity contribution in [1.82, 2.24) is 24.4 Å². The summed E-state index contributed by atoms with van der Waals surface area (Å²) in [6.45, 7) is 2.39. The number of fused-ring (bicyclic) bond motifs is 1. The van der Waals surface area contributed by atoms with Crippen LogP contribution in [0.25, 0.3) is 11.2 Å². The molecule has 8 heteroatoms. The van der Waals surface area contributed by atoms with Crippen LogP contribution in [0, 0.1) is 0 Å². The van der Waals surface area contributed by atoms with Crippen LogP contribution >= 0.6 is 11.6 Å². The molecule has 0 aromatic carbocycles. The highest BCUT2D eigenvalue weighted by Gasteiger charge is 2.21. The summed E-state index contributed by atoms with van der Waals surface area (Å²) in [5.74, 6) is 0.950. The Hall–Kier alpha value is -1.89. The second kappa shape index (κ2) is 7.78. The van der Waals surface area contributed by atoms with E-state index in [1.807, 2.05) is 11.2 Å². The number of hydrogen-bond acceptors (Lipinski definition) is 5. The second-order valence-electron chi connectivity index (χ2n) is 7.22. The van der Waals surface area contributed by atoms with Crippen LogP contribution in [0.1, 0.15) is 57.4 Å². The maximum Gasteiger partial charge on any atom is 0.226 e. The maximum absolute atomic E-state index is 11.7. The topological polar surface area (TPSA) is 75.9 Å². The van der Waals surface area contributed by atoms with Crippen LogP contribution in [0.2, 0.25) is 5.28 Å². The molecule has 3 heterocycles. The number of hydrogen-bond donors (Lipinski definition) is 1. The van der Waals surface area contributed by atoms with E-state index in [-0.39, 0.29) is 11.2 Å². The molecule has 140 valence electrons. The van der Waals surface area contributed by atoms with Gasteiger partial charge < -0.3 is 14.8 Å². The lowest BCUT2D eigenvalue weighted by Gasteiger charge is -2.23. The number of rotatable bonds is 6. The molecular formula is C18H25ClN6O. The van der Waals surface area contributed by atoms with Gasteiger partial charge >= 0.3 is 0 Å². The highest BCUT2D eigenvalue weighted by atomic mass is 35.5. The smallest absolute Gasteiger partial charge is 0.226 e. The van der Waals surface area contributed by atoms with Crippen molar-refractivity contribution in [3.05, 3.63) is 11.6 Å². The highest BCUT2D eigenvalue weighted by molar-refractivity contribution is 6.28. The van der Waals surface area contributed by atoms with Crippen LogP contribution in [-0.2, 0) is 4.79 Å². The van der Waals surface area contributed by atoms with Crippen LogP contribution < -0.4 is 5.32 Å². The Kier molecular flexibility index (Phi) is 5.24. The van der Waals surface area contributed by atoms with Crippen molar-refractivity contribution in [2.24, 2.45) is 0 Å². The standard InChI is InChI=1S/C18H25ClN6O/c19-18-22-16(20-9-5-11-24-10-4-8-14(24)26)15-17(23-18)25(12-21-15)13-6-2-1-3-7-13/h12-13H,1-11H2,(H,20,22,23). The van der Waals surface area contributed by atoms with Crippen LogP contribution in [0.15, 0.2) is 6.33 Å². The number of likely N-dealkylation sites (tertiary alicyclic amines) is 1. The number of aromatic nitrogens is 4. The Morgan fingerprint density at radius 3 is 2.81 bits per heavy atom. The number of nitrogens with one attached hydrogen (secondary N) is 1. The van der Waals surface area contributed by atoms with E-state index in [0.717, 1.165) is 43.6 Å². The van der Waals surface area contributed by atoms with E-state index in [1.165, 1.54) is 32.1 Å². The summed E-state index contributed by atoms with van der Waals surface area (Å²) >= 11 is 6.17. The summed E-state index contributed by atoms with van der Waals surface area (Å²) in [5, 5.41) is 3.58. The number of imidazole rings is 1. The van der Waals surface area contributed by atoms with E-state index in [0.29, 0.717) is 18.3 Å². The Bertz CT molecular complexity index is 785. The number of nitrogens with zero attached hydrogens (tertiary/aromatic N) is 5. The summed E-state index contributed by atoms with van der Waals surface area (Å²) in [4.78, 5) is 26.9. The summed E-state index contributed by atoms with van der Waals surface area (Å²) in [6, 6.07) is 0.453. The van der Waals surface area contributed by atoms with Gasteiger partial charge in [-0.25, -0.2) is 4.98 Å². The zero-order valence-corrected chi connectivity index (χ0v) is 15.7. The lowest BCUT2D eigenvalue weighted by Crippen LogP contribution is -2.27. The van der Waals surface area contributed by atoms with Gasteiger partial charge in [0.25, 0.3) is 0 Å². The van der Waals surface area contributed by atoms with Crippen LogP contribution in [-0.4, -0.2) is 50.0 Å². The number of halogens is 1. The first-order valence-corrected chi connectivity index (χ1v) is 10.0. The molecule has 0 radical (unpaired) electrons. The summed E-state index contributed by atoms with van der Waals surface area (Å²) < 4.78 is 2.16. The third-order valence-corrected chi connectivity index (χ3v) is 5.60. The highest BCUT2D eigenvalue weighted by Crippen LogP contribution is 2.31. The third-order valence-electron chi connectivity index (χ3n) is 5.43. The molecular weight excluding hydrogens is 352 g/mol. The molecule has 26 heavy (non-hydrogen) atoms. The summed E-state index contributed by atoms with van der Waals surface area (Å²) in [5.41, 5.74) is 1.59. The van der Waals surface area contributed by atoms with E-state index in [9.17, 15) is 4.79 Å². The molecule has 0 atom stereocenters. The van der Waals surface area contributed by atoms with Gasteiger partial charge in [-0.3, -0.25) is 4.79 Å². The first-order chi connectivity index (χ1) is 12.7. The fourth-order valence-corrected chi connectivity index (χ4v) is 4.22. The average molecular weight is 377 g/mol. The minimum atomic E-state index is 0.243. The normalized spacial score (nSPS) is 18.8. The Morgan fingerprint density at radius 2 is 2.04 bits per heavy atom. The predicted octanol–water partition coefficient (Wildman–Crippen LogP) is 3.41. The average Bonchev–Trinajstić information content (AvgIpc) is 3.25. The van der Waals surface area contributed by atoms with Crippen molar-refractivity contribution in [3.63, 3.8) is 0 Å². The molecule has 1 aliphatic carbocycles. The molecule has 1 amide bonds. The largest absolute Gasteiger partial charge is 0.368 e. The third kappa shape index (κ3) is 3.63. The molecule has 1 N–H and O–H groups in total. The van der Waals surface area contributed by atoms with E-state index in [1.54, 1.807) is 0 Å². The molecule has 0 bridgehead atoms. The van der Waals surface area contributed by atoms with Gasteiger partial charge in [0.2, 0.25) is 11.2 Å². The van der Waals surface area contributed by atoms with Crippen molar-refractivity contribution in [1.29, 1.82) is 0 Å². The van der Waals surface area contributed by atoms with Crippen LogP contribution in [0.3, 0.4) is 0 Å². The number of carbonyl (C=O) groups is 1. The molecule has 1 saturated heterocycles. The first-order valence-electron chi connectivity index (χ1n) is 9.64. The molecule has 7 nitrogen and oxygen atoms in total. The lowest BCUT2D eigenvalue weighted by atomic mass is 9.95. The number of carbonyl (C=O) groups excluding carboxylic acids is 1. The van der Waals surface area contributed by atoms with Gasteiger partial charge in [0.05, 0.1) is 6.33 Å². The van der Waals surface area contributed by atoms with Gasteiger partial charge in [-0.15, -0.1) is 0 Å². The maximum atomic E-state index is 11.7. The van der Waals surface area contributed by atoms with Crippen molar-refractivity contribution in [2.75, 3.05) is 25.0 Å². The molecule has 0 spiro atoms. The van der Waals surface area contributed by atoms with Crippen molar-refractivity contribution < 1.29 is 4.79 Å². The van der Waals surface area contributed by atoms with Crippen molar-refractivity contribution >= 4 is 34.5 Å². The lowest BCUT2D eigenvalue weighted by molar-refractivity contribution is -0.127. The second-order valence-corrected chi connectivity index (χ2v) is 7.56. The van der Waals surface area contributed by atoms with Crippen molar-refractivity contribution in [3.8, 4) is 0 Å². The summed E-state index contributed by atoms with van der Waals surface area (Å²) in [6.07, 6.45) is 10.6. The van der Waals surface area contributed by atoms with E-state index >= 15 is 0 Å². The predicted molar refractivity (Wildman–Crippen MR) is 101 cm³/mol. The molecule has 1 saturated carbocycles. The Labute approximate surface area is 158 Å².